The van der Waals surface area contributed by atoms with E-state index in [1.165, 1.54) is 33.1 Å². The summed E-state index contributed by atoms with van der Waals surface area (Å²) in [7, 11) is 0. The molecule has 162 valence electrons. The molecule has 0 spiro atoms. The fourth-order valence-electron chi connectivity index (χ4n) is 1.43. The van der Waals surface area contributed by atoms with E-state index in [2.05, 4.69) is 19.7 Å². The van der Waals surface area contributed by atoms with E-state index in [4.69, 9.17) is 25.2 Å². The van der Waals surface area contributed by atoms with Gasteiger partial charge in [-0.2, -0.15) is 0 Å². The van der Waals surface area contributed by atoms with Gasteiger partial charge in [0.1, 0.15) is 6.10 Å². The predicted octanol–water partition coefficient (Wildman–Crippen LogP) is 2.70. The van der Waals surface area contributed by atoms with E-state index >= 15 is 0 Å². The van der Waals surface area contributed by atoms with E-state index in [0.29, 0.717) is 5.57 Å². The largest absolute Gasteiger partial charge is 0.478 e. The molecule has 1 saturated carbocycles. The van der Waals surface area contributed by atoms with Crippen LogP contribution < -0.4 is 0 Å². The predicted molar refractivity (Wildman–Crippen MR) is 107 cm³/mol. The second kappa shape index (κ2) is 19.3. The second-order valence-electron chi connectivity index (χ2n) is 6.06. The Morgan fingerprint density at radius 1 is 0.786 bits per heavy atom. The minimum absolute atomic E-state index is 0.125. The summed E-state index contributed by atoms with van der Waals surface area (Å²) >= 11 is 0. The number of esters is 1. The lowest BCUT2D eigenvalue weighted by Crippen LogP contribution is -2.20. The van der Waals surface area contributed by atoms with Gasteiger partial charge in [-0.05, 0) is 46.5 Å². The number of carbonyl (C=O) groups excluding carboxylic acids is 1. The summed E-state index contributed by atoms with van der Waals surface area (Å²) in [5, 5.41) is 31.0. The van der Waals surface area contributed by atoms with Gasteiger partial charge in [0.05, 0.1) is 13.2 Å². The van der Waals surface area contributed by atoms with E-state index in [0.717, 1.165) is 12.8 Å². The maximum atomic E-state index is 11.1. The number of hydrogen-bond acceptors (Lipinski definition) is 6. The average Bonchev–Trinajstić information content (AvgIpc) is 2.63. The molecule has 0 aliphatic heterocycles. The first-order valence-corrected chi connectivity index (χ1v) is 8.76. The quantitative estimate of drug-likeness (QED) is 0.406. The van der Waals surface area contributed by atoms with Gasteiger partial charge in [-0.15, -0.1) is 0 Å². The second-order valence-corrected chi connectivity index (χ2v) is 6.06. The number of rotatable bonds is 5. The van der Waals surface area contributed by atoms with Crippen LogP contribution in [-0.2, 0) is 19.1 Å². The van der Waals surface area contributed by atoms with Crippen molar-refractivity contribution in [2.45, 2.75) is 59.0 Å². The molecular weight excluding hydrogens is 368 g/mol. The topological polar surface area (TPSA) is 141 Å². The monoisotopic (exact) mass is 402 g/mol. The van der Waals surface area contributed by atoms with Crippen LogP contribution in [0.25, 0.3) is 0 Å². The van der Waals surface area contributed by atoms with Gasteiger partial charge in [0.2, 0.25) is 0 Å². The van der Waals surface area contributed by atoms with Crippen molar-refractivity contribution in [2.75, 3.05) is 13.2 Å². The van der Waals surface area contributed by atoms with Crippen molar-refractivity contribution in [3.63, 3.8) is 0 Å². The fraction of sp³-hybridized carbons (Fsp3) is 0.550. The van der Waals surface area contributed by atoms with E-state index in [9.17, 15) is 14.4 Å². The van der Waals surface area contributed by atoms with E-state index in [1.807, 2.05) is 0 Å². The summed E-state index contributed by atoms with van der Waals surface area (Å²) in [4.78, 5) is 30.3. The van der Waals surface area contributed by atoms with Gasteiger partial charge in [-0.3, -0.25) is 0 Å². The van der Waals surface area contributed by atoms with Crippen molar-refractivity contribution in [3.8, 4) is 0 Å². The molecule has 0 unspecified atom stereocenters. The molecule has 8 heteroatoms. The maximum Gasteiger partial charge on any atom is 0.333 e. The molecule has 8 nitrogen and oxygen atoms in total. The molecule has 28 heavy (non-hydrogen) atoms. The Morgan fingerprint density at radius 2 is 1.11 bits per heavy atom. The zero-order valence-corrected chi connectivity index (χ0v) is 17.1. The van der Waals surface area contributed by atoms with Gasteiger partial charge in [0.25, 0.3) is 0 Å². The van der Waals surface area contributed by atoms with Crippen LogP contribution in [0.1, 0.15) is 52.9 Å². The van der Waals surface area contributed by atoms with Crippen molar-refractivity contribution in [2.24, 2.45) is 0 Å². The zero-order chi connectivity index (χ0) is 22.7. The lowest BCUT2D eigenvalue weighted by Gasteiger charge is -2.21. The first-order chi connectivity index (χ1) is 12.9. The van der Waals surface area contributed by atoms with E-state index < -0.39 is 11.9 Å². The van der Waals surface area contributed by atoms with Crippen molar-refractivity contribution in [3.05, 3.63) is 36.5 Å². The smallest absolute Gasteiger partial charge is 0.333 e. The van der Waals surface area contributed by atoms with Gasteiger partial charge in [-0.25, -0.2) is 14.4 Å². The highest BCUT2D eigenvalue weighted by Gasteiger charge is 2.17. The average molecular weight is 402 g/mol. The van der Waals surface area contributed by atoms with Crippen LogP contribution in [0.3, 0.4) is 0 Å². The van der Waals surface area contributed by atoms with Crippen molar-refractivity contribution in [1.82, 2.24) is 0 Å². The summed E-state index contributed by atoms with van der Waals surface area (Å²) in [6.07, 6.45) is 5.87. The van der Waals surface area contributed by atoms with Gasteiger partial charge in [-0.1, -0.05) is 26.2 Å². The molecule has 0 radical (unpaired) electrons. The molecule has 0 atom stereocenters. The highest BCUT2D eigenvalue weighted by molar-refractivity contribution is 5.87. The summed E-state index contributed by atoms with van der Waals surface area (Å²) < 4.78 is 5.21. The third-order valence-corrected chi connectivity index (χ3v) is 3.00. The van der Waals surface area contributed by atoms with Crippen LogP contribution in [0.15, 0.2) is 36.5 Å². The molecule has 0 amide bonds. The first-order valence-electron chi connectivity index (χ1n) is 8.76. The van der Waals surface area contributed by atoms with Crippen molar-refractivity contribution in [1.29, 1.82) is 0 Å². The maximum absolute atomic E-state index is 11.1. The van der Waals surface area contributed by atoms with Crippen LogP contribution >= 0.6 is 0 Å². The summed E-state index contributed by atoms with van der Waals surface area (Å²) in [6.45, 7) is 14.2. The Balaban J connectivity index is -0.000000332. The molecule has 1 fully saturated rings. The molecule has 1 aliphatic carbocycles. The Hall–Kier alpha value is -2.45. The number of aliphatic carboxylic acids is 2. The fourth-order valence-corrected chi connectivity index (χ4v) is 1.43. The van der Waals surface area contributed by atoms with Gasteiger partial charge < -0.3 is 25.2 Å². The van der Waals surface area contributed by atoms with Gasteiger partial charge >= 0.3 is 17.9 Å². The molecule has 1 aliphatic rings. The van der Waals surface area contributed by atoms with Gasteiger partial charge in [0.15, 0.2) is 0 Å². The molecule has 1 rings (SSSR count). The molecule has 4 N–H and O–H groups in total. The molecule has 0 saturated heterocycles. The minimum atomic E-state index is -0.935. The van der Waals surface area contributed by atoms with Crippen LogP contribution in [0, 0.1) is 0 Å². The molecule has 0 aromatic rings. The minimum Gasteiger partial charge on any atom is -0.478 e. The van der Waals surface area contributed by atoms with Crippen molar-refractivity contribution < 1.29 is 39.5 Å². The highest BCUT2D eigenvalue weighted by Crippen LogP contribution is 2.20. The molecular formula is C20H34O8. The summed E-state index contributed by atoms with van der Waals surface area (Å²) in [6, 6.07) is 0. The number of aliphatic hydroxyl groups excluding tert-OH is 2. The summed E-state index contributed by atoms with van der Waals surface area (Å²) in [5.41, 5.74) is 0.852. The normalized spacial score (nSPS) is 12.3. The highest BCUT2D eigenvalue weighted by atomic mass is 16.5. The number of hydrogen-bond donors (Lipinski definition) is 4. The molecule has 0 bridgehead atoms. The van der Waals surface area contributed by atoms with Crippen LogP contribution in [-0.4, -0.2) is 57.7 Å². The molecule has 0 aromatic carbocycles. The SMILES string of the molecule is C=C(C)C(=O)O.C=C(C)C(=O)O.C=C(C)C(=O)OC1CCCCC1.OCCO. The standard InChI is InChI=1S/C10H16O2.2C4H6O2.C2H6O2/c1-8(2)10(11)12-9-6-4-3-5-7-9;2*1-3(2)4(5)6;3-1-2-4/h9H,1,3-7H2,2H3;2*1H2,2H3,(H,5,6);3-4H,1-2H2. The zero-order valence-electron chi connectivity index (χ0n) is 17.1. The molecule has 0 heterocycles. The summed E-state index contributed by atoms with van der Waals surface area (Å²) in [5.74, 6) is -2.10. The van der Waals surface area contributed by atoms with E-state index in [1.54, 1.807) is 6.92 Å². The number of aliphatic hydroxyl groups is 2. The first kappa shape index (κ1) is 30.3. The number of ether oxygens (including phenoxy) is 1. The van der Waals surface area contributed by atoms with Crippen LogP contribution in [0.5, 0.6) is 0 Å². The lowest BCUT2D eigenvalue weighted by atomic mass is 9.98. The Morgan fingerprint density at radius 3 is 1.32 bits per heavy atom. The number of carboxylic acids is 2. The molecule has 0 aromatic heterocycles. The third-order valence-electron chi connectivity index (χ3n) is 3.00. The Bertz CT molecular complexity index is 466. The van der Waals surface area contributed by atoms with Crippen LogP contribution in [0.4, 0.5) is 0 Å². The van der Waals surface area contributed by atoms with Gasteiger partial charge in [0, 0.05) is 16.7 Å². The number of carboxylic acid groups (broad SMARTS) is 2. The Labute approximate surface area is 166 Å². The Kier molecular flexibility index (Phi) is 20.9. The number of carbonyl (C=O) groups is 3. The van der Waals surface area contributed by atoms with Crippen LogP contribution in [0.2, 0.25) is 0 Å². The lowest BCUT2D eigenvalue weighted by molar-refractivity contribution is -0.145. The third kappa shape index (κ3) is 23.5. The van der Waals surface area contributed by atoms with Crippen molar-refractivity contribution >= 4 is 17.9 Å². The van der Waals surface area contributed by atoms with E-state index in [-0.39, 0.29) is 36.4 Å².